The van der Waals surface area contributed by atoms with Gasteiger partial charge < -0.3 is 20.1 Å². The van der Waals surface area contributed by atoms with Gasteiger partial charge in [0.15, 0.2) is 5.11 Å². The molecule has 154 valence electrons. The van der Waals surface area contributed by atoms with Gasteiger partial charge in [0.2, 0.25) is 5.91 Å². The lowest BCUT2D eigenvalue weighted by Gasteiger charge is -2.28. The summed E-state index contributed by atoms with van der Waals surface area (Å²) in [5.41, 5.74) is 2.12. The van der Waals surface area contributed by atoms with Gasteiger partial charge in [0.05, 0.1) is 23.5 Å². The zero-order valence-corrected chi connectivity index (χ0v) is 17.3. The van der Waals surface area contributed by atoms with Gasteiger partial charge >= 0.3 is 0 Å². The minimum atomic E-state index is -0.457. The summed E-state index contributed by atoms with van der Waals surface area (Å²) >= 11 is 5.60. The molecule has 2 atom stereocenters. The molecule has 1 aliphatic rings. The largest absolute Gasteiger partial charge is 0.353 e. The molecule has 0 bridgehead atoms. The SMILES string of the molecule is Cn1cccc1[C@H]1[C@@H](c2ccccn2)NC(=S)N1CCC(=O)Nc1ccccc1F. The summed E-state index contributed by atoms with van der Waals surface area (Å²) in [6.45, 7) is 0.394. The lowest BCUT2D eigenvalue weighted by molar-refractivity contribution is -0.116. The van der Waals surface area contributed by atoms with E-state index in [1.807, 2.05) is 53.0 Å². The molecule has 3 aromatic rings. The lowest BCUT2D eigenvalue weighted by Crippen LogP contribution is -2.33. The number of aromatic nitrogens is 2. The first-order valence-electron chi connectivity index (χ1n) is 9.68. The molecule has 1 fully saturated rings. The van der Waals surface area contributed by atoms with Gasteiger partial charge in [0.25, 0.3) is 0 Å². The number of amides is 1. The number of hydrogen-bond donors (Lipinski definition) is 2. The number of anilines is 1. The van der Waals surface area contributed by atoms with E-state index in [4.69, 9.17) is 12.2 Å². The molecule has 6 nitrogen and oxygen atoms in total. The van der Waals surface area contributed by atoms with Crippen LogP contribution in [-0.4, -0.2) is 32.0 Å². The number of carbonyl (C=O) groups excluding carboxylic acids is 1. The topological polar surface area (TPSA) is 62.2 Å². The number of thiocarbonyl (C=S) groups is 1. The highest BCUT2D eigenvalue weighted by molar-refractivity contribution is 7.80. The standard InChI is InChI=1S/C22H22FN5OS/c1-27-13-6-10-18(27)21-20(17-9-4-5-12-24-17)26-22(30)28(21)14-11-19(29)25-16-8-3-2-7-15(16)23/h2-10,12-13,20-21H,11,14H2,1H3,(H,25,29)(H,26,30)/t20-,21+/m1/s1. The fraction of sp³-hybridized carbons (Fsp3) is 0.227. The Morgan fingerprint density at radius 1 is 1.20 bits per heavy atom. The van der Waals surface area contributed by atoms with Crippen molar-refractivity contribution in [1.82, 2.24) is 19.8 Å². The van der Waals surface area contributed by atoms with Gasteiger partial charge in [0, 0.05) is 38.1 Å². The van der Waals surface area contributed by atoms with Crippen molar-refractivity contribution >= 4 is 28.9 Å². The van der Waals surface area contributed by atoms with Crippen LogP contribution in [-0.2, 0) is 11.8 Å². The number of nitrogens with one attached hydrogen (secondary N) is 2. The van der Waals surface area contributed by atoms with Crippen LogP contribution in [0.1, 0.15) is 29.9 Å². The second-order valence-electron chi connectivity index (χ2n) is 7.14. The van der Waals surface area contributed by atoms with E-state index in [0.717, 1.165) is 11.4 Å². The summed E-state index contributed by atoms with van der Waals surface area (Å²) in [5, 5.41) is 6.55. The maximum absolute atomic E-state index is 13.8. The van der Waals surface area contributed by atoms with E-state index < -0.39 is 5.82 Å². The zero-order valence-electron chi connectivity index (χ0n) is 16.5. The van der Waals surface area contributed by atoms with Crippen molar-refractivity contribution in [1.29, 1.82) is 0 Å². The van der Waals surface area contributed by atoms with Crippen LogP contribution in [0.3, 0.4) is 0 Å². The maximum atomic E-state index is 13.8. The van der Waals surface area contributed by atoms with Crippen molar-refractivity contribution in [3.8, 4) is 0 Å². The van der Waals surface area contributed by atoms with Crippen LogP contribution in [0.15, 0.2) is 67.0 Å². The van der Waals surface area contributed by atoms with Crippen LogP contribution >= 0.6 is 12.2 Å². The summed E-state index contributed by atoms with van der Waals surface area (Å²) in [6.07, 6.45) is 3.91. The van der Waals surface area contributed by atoms with Crippen LogP contribution < -0.4 is 10.6 Å². The lowest BCUT2D eigenvalue weighted by atomic mass is 10.0. The number of carbonyl (C=O) groups is 1. The first kappa shape index (κ1) is 20.0. The first-order chi connectivity index (χ1) is 14.5. The average Bonchev–Trinajstić information content (AvgIpc) is 3.31. The molecule has 0 spiro atoms. The fourth-order valence-electron chi connectivity index (χ4n) is 3.75. The third kappa shape index (κ3) is 4.04. The Hall–Kier alpha value is -3.26. The number of hydrogen-bond acceptors (Lipinski definition) is 3. The summed E-state index contributed by atoms with van der Waals surface area (Å²) in [5.74, 6) is -0.726. The van der Waals surface area contributed by atoms with E-state index in [1.165, 1.54) is 6.07 Å². The Morgan fingerprint density at radius 2 is 2.00 bits per heavy atom. The first-order valence-corrected chi connectivity index (χ1v) is 10.1. The van der Waals surface area contributed by atoms with Gasteiger partial charge in [0.1, 0.15) is 5.82 Å². The molecule has 30 heavy (non-hydrogen) atoms. The molecule has 1 saturated heterocycles. The number of benzene rings is 1. The molecule has 0 unspecified atom stereocenters. The highest BCUT2D eigenvalue weighted by Gasteiger charge is 2.40. The summed E-state index contributed by atoms with van der Waals surface area (Å²) in [6, 6.07) is 15.7. The van der Waals surface area contributed by atoms with E-state index >= 15 is 0 Å². The Balaban J connectivity index is 1.53. The molecule has 0 saturated carbocycles. The van der Waals surface area contributed by atoms with Crippen molar-refractivity contribution in [2.24, 2.45) is 7.05 Å². The summed E-state index contributed by atoms with van der Waals surface area (Å²) in [7, 11) is 1.98. The highest BCUT2D eigenvalue weighted by atomic mass is 32.1. The van der Waals surface area contributed by atoms with Crippen molar-refractivity contribution < 1.29 is 9.18 Å². The summed E-state index contributed by atoms with van der Waals surface area (Å²) in [4.78, 5) is 19.0. The van der Waals surface area contributed by atoms with E-state index in [1.54, 1.807) is 24.4 Å². The minimum absolute atomic E-state index is 0.117. The number of pyridine rings is 1. The molecule has 2 N–H and O–H groups in total. The summed E-state index contributed by atoms with van der Waals surface area (Å²) < 4.78 is 15.9. The molecule has 4 rings (SSSR count). The minimum Gasteiger partial charge on any atom is -0.353 e. The predicted molar refractivity (Wildman–Crippen MR) is 117 cm³/mol. The van der Waals surface area contributed by atoms with Gasteiger partial charge in [-0.05, 0) is 48.6 Å². The van der Waals surface area contributed by atoms with E-state index in [2.05, 4.69) is 15.6 Å². The number of halogens is 1. The Morgan fingerprint density at radius 3 is 2.70 bits per heavy atom. The third-order valence-electron chi connectivity index (χ3n) is 5.21. The quantitative estimate of drug-likeness (QED) is 0.594. The van der Waals surface area contributed by atoms with Crippen LogP contribution in [0.5, 0.6) is 0 Å². The van der Waals surface area contributed by atoms with E-state index in [0.29, 0.717) is 11.7 Å². The van der Waals surface area contributed by atoms with Gasteiger partial charge in [-0.25, -0.2) is 4.39 Å². The van der Waals surface area contributed by atoms with Gasteiger partial charge in [-0.15, -0.1) is 0 Å². The molecule has 1 amide bonds. The van der Waals surface area contributed by atoms with Gasteiger partial charge in [-0.3, -0.25) is 9.78 Å². The maximum Gasteiger partial charge on any atom is 0.226 e. The second kappa shape index (κ2) is 8.62. The van der Waals surface area contributed by atoms with Crippen molar-refractivity contribution in [3.05, 3.63) is 84.2 Å². The third-order valence-corrected chi connectivity index (χ3v) is 5.56. The number of rotatable bonds is 6. The molecule has 8 heteroatoms. The normalized spacial score (nSPS) is 18.3. The van der Waals surface area contributed by atoms with E-state index in [-0.39, 0.29) is 30.1 Å². The number of para-hydroxylation sites is 1. The Kier molecular flexibility index (Phi) is 5.76. The van der Waals surface area contributed by atoms with Crippen molar-refractivity contribution in [3.63, 3.8) is 0 Å². The molecular formula is C22H22FN5OS. The molecule has 1 aromatic carbocycles. The Bertz CT molecular complexity index is 1050. The molecular weight excluding hydrogens is 401 g/mol. The van der Waals surface area contributed by atoms with E-state index in [9.17, 15) is 9.18 Å². The monoisotopic (exact) mass is 423 g/mol. The molecule has 0 aliphatic carbocycles. The predicted octanol–water partition coefficient (Wildman–Crippen LogP) is 3.56. The van der Waals surface area contributed by atoms with Crippen LogP contribution in [0.2, 0.25) is 0 Å². The zero-order chi connectivity index (χ0) is 21.1. The van der Waals surface area contributed by atoms with Crippen LogP contribution in [0.4, 0.5) is 10.1 Å². The van der Waals surface area contributed by atoms with Crippen LogP contribution in [0.25, 0.3) is 0 Å². The molecule has 1 aliphatic heterocycles. The second-order valence-corrected chi connectivity index (χ2v) is 7.53. The molecule has 3 heterocycles. The number of aryl methyl sites for hydroxylation is 1. The average molecular weight is 424 g/mol. The van der Waals surface area contributed by atoms with Gasteiger partial charge in [-0.1, -0.05) is 18.2 Å². The Labute approximate surface area is 179 Å². The van der Waals surface area contributed by atoms with Crippen molar-refractivity contribution in [2.75, 3.05) is 11.9 Å². The molecule has 0 radical (unpaired) electrons. The van der Waals surface area contributed by atoms with Crippen LogP contribution in [0, 0.1) is 5.82 Å². The molecule has 2 aromatic heterocycles. The van der Waals surface area contributed by atoms with Crippen molar-refractivity contribution in [2.45, 2.75) is 18.5 Å². The highest BCUT2D eigenvalue weighted by Crippen LogP contribution is 2.38. The fourth-order valence-corrected chi connectivity index (χ4v) is 4.08. The van der Waals surface area contributed by atoms with Gasteiger partial charge in [-0.2, -0.15) is 0 Å². The number of nitrogens with zero attached hydrogens (tertiary/aromatic N) is 3. The smallest absolute Gasteiger partial charge is 0.226 e.